The van der Waals surface area contributed by atoms with Gasteiger partial charge in [-0.3, -0.25) is 0 Å². The molecule has 3 rings (SSSR count). The zero-order valence-corrected chi connectivity index (χ0v) is 11.2. The first kappa shape index (κ1) is 10.9. The van der Waals surface area contributed by atoms with E-state index in [1.165, 1.54) is 12.8 Å². The summed E-state index contributed by atoms with van der Waals surface area (Å²) in [5.74, 6) is 1.47. The minimum absolute atomic E-state index is 0.651. The Morgan fingerprint density at radius 1 is 1.53 bits per heavy atom. The van der Waals surface area contributed by atoms with E-state index in [-0.39, 0.29) is 0 Å². The minimum Gasteiger partial charge on any atom is -0.478 e. The lowest BCUT2D eigenvalue weighted by molar-refractivity contribution is 0.396. The molecule has 0 radical (unpaired) electrons. The Kier molecular flexibility index (Phi) is 2.70. The molecule has 2 aromatic rings. The van der Waals surface area contributed by atoms with Crippen LogP contribution >= 0.6 is 15.9 Å². The van der Waals surface area contributed by atoms with Crippen LogP contribution in [-0.4, -0.2) is 23.3 Å². The summed E-state index contributed by atoms with van der Waals surface area (Å²) in [4.78, 5) is 0. The molecule has 0 saturated heterocycles. The van der Waals surface area contributed by atoms with Crippen LogP contribution < -0.4 is 10.1 Å². The van der Waals surface area contributed by atoms with Crippen molar-refractivity contribution in [3.63, 3.8) is 0 Å². The maximum absolute atomic E-state index is 5.32. The van der Waals surface area contributed by atoms with Crippen molar-refractivity contribution in [3.8, 4) is 5.88 Å². The van der Waals surface area contributed by atoms with Crippen molar-refractivity contribution in [3.05, 3.63) is 22.8 Å². The molecule has 0 aromatic carbocycles. The first-order valence-electron chi connectivity index (χ1n) is 5.74. The average Bonchev–Trinajstić information content (AvgIpc) is 3.08. The Morgan fingerprint density at radius 3 is 3.06 bits per heavy atom. The summed E-state index contributed by atoms with van der Waals surface area (Å²) in [5.41, 5.74) is 2.03. The van der Waals surface area contributed by atoms with Gasteiger partial charge in [-0.05, 0) is 46.8 Å². The van der Waals surface area contributed by atoms with Crippen LogP contribution in [0.5, 0.6) is 5.88 Å². The molecule has 0 aliphatic heterocycles. The van der Waals surface area contributed by atoms with Crippen LogP contribution in [0.1, 0.15) is 12.8 Å². The lowest BCUT2D eigenvalue weighted by Crippen LogP contribution is -2.03. The third-order valence-electron chi connectivity index (χ3n) is 3.04. The Hall–Kier alpha value is -1.23. The number of aromatic nitrogens is 2. The van der Waals surface area contributed by atoms with Crippen LogP contribution in [0.25, 0.3) is 5.52 Å². The van der Waals surface area contributed by atoms with Crippen molar-refractivity contribution < 1.29 is 4.74 Å². The van der Waals surface area contributed by atoms with E-state index in [9.17, 15) is 0 Å². The molecule has 0 spiro atoms. The van der Waals surface area contributed by atoms with Gasteiger partial charge < -0.3 is 10.1 Å². The molecule has 1 aliphatic rings. The molecule has 1 N–H and O–H groups in total. The molecule has 1 saturated carbocycles. The fourth-order valence-electron chi connectivity index (χ4n) is 1.89. The number of pyridine rings is 1. The molecule has 2 heterocycles. The van der Waals surface area contributed by atoms with Gasteiger partial charge in [0.2, 0.25) is 0 Å². The highest BCUT2D eigenvalue weighted by Gasteiger charge is 2.22. The highest BCUT2D eigenvalue weighted by molar-refractivity contribution is 9.10. The van der Waals surface area contributed by atoms with E-state index in [2.05, 4.69) is 26.3 Å². The number of ether oxygens (including phenoxy) is 1. The van der Waals surface area contributed by atoms with Crippen molar-refractivity contribution in [2.24, 2.45) is 5.92 Å². The fourth-order valence-corrected chi connectivity index (χ4v) is 2.32. The molecule has 0 atom stereocenters. The summed E-state index contributed by atoms with van der Waals surface area (Å²) in [5, 5.41) is 7.86. The predicted octanol–water partition coefficient (Wildman–Crippen LogP) is 2.93. The van der Waals surface area contributed by atoms with Gasteiger partial charge in [0, 0.05) is 6.54 Å². The minimum atomic E-state index is 0.651. The van der Waals surface area contributed by atoms with E-state index >= 15 is 0 Å². The van der Waals surface area contributed by atoms with Gasteiger partial charge in [-0.2, -0.15) is 0 Å². The third kappa shape index (κ3) is 1.99. The smallest absolute Gasteiger partial charge is 0.257 e. The Labute approximate surface area is 108 Å². The lowest BCUT2D eigenvalue weighted by Gasteiger charge is -2.05. The van der Waals surface area contributed by atoms with Gasteiger partial charge in [0.25, 0.3) is 5.88 Å². The van der Waals surface area contributed by atoms with Crippen molar-refractivity contribution >= 4 is 27.1 Å². The second kappa shape index (κ2) is 4.22. The van der Waals surface area contributed by atoms with Gasteiger partial charge in [-0.15, -0.1) is 5.10 Å². The number of nitrogens with one attached hydrogen (secondary N) is 1. The van der Waals surface area contributed by atoms with E-state index in [0.29, 0.717) is 5.88 Å². The summed E-state index contributed by atoms with van der Waals surface area (Å²) in [6.07, 6.45) is 2.66. The first-order valence-corrected chi connectivity index (χ1v) is 6.54. The number of nitrogens with zero attached hydrogens (tertiary/aromatic N) is 2. The standard InChI is InChI=1S/C12H14BrN3O/c1-17-12-11(14-7-8-5-6-8)9-3-2-4-10(13)16(9)15-12/h2-4,8,14H,5-7H2,1H3. The first-order chi connectivity index (χ1) is 8.29. The highest BCUT2D eigenvalue weighted by Crippen LogP contribution is 2.33. The maximum Gasteiger partial charge on any atom is 0.257 e. The average molecular weight is 296 g/mol. The molecule has 90 valence electrons. The molecule has 1 fully saturated rings. The van der Waals surface area contributed by atoms with E-state index in [4.69, 9.17) is 4.74 Å². The van der Waals surface area contributed by atoms with Crippen molar-refractivity contribution in [2.45, 2.75) is 12.8 Å². The Bertz CT molecular complexity index is 548. The van der Waals surface area contributed by atoms with Crippen molar-refractivity contribution in [1.29, 1.82) is 0 Å². The summed E-state index contributed by atoms with van der Waals surface area (Å²) in [7, 11) is 1.65. The van der Waals surface area contributed by atoms with Crippen LogP contribution in [0, 0.1) is 5.92 Å². The molecule has 0 bridgehead atoms. The largest absolute Gasteiger partial charge is 0.478 e. The Balaban J connectivity index is 2.02. The topological polar surface area (TPSA) is 38.6 Å². The quantitative estimate of drug-likeness (QED) is 0.882. The van der Waals surface area contributed by atoms with Crippen LogP contribution in [0.4, 0.5) is 5.69 Å². The summed E-state index contributed by atoms with van der Waals surface area (Å²) in [6.45, 7) is 1.00. The number of hydrogen-bond acceptors (Lipinski definition) is 3. The summed E-state index contributed by atoms with van der Waals surface area (Å²) >= 11 is 3.48. The summed E-state index contributed by atoms with van der Waals surface area (Å²) < 4.78 is 8.09. The van der Waals surface area contributed by atoms with Gasteiger partial charge in [-0.25, -0.2) is 4.52 Å². The zero-order valence-electron chi connectivity index (χ0n) is 9.61. The monoisotopic (exact) mass is 295 g/mol. The highest BCUT2D eigenvalue weighted by atomic mass is 79.9. The third-order valence-corrected chi connectivity index (χ3v) is 3.64. The SMILES string of the molecule is COc1nn2c(Br)cccc2c1NCC1CC1. The van der Waals surface area contributed by atoms with E-state index in [0.717, 1.165) is 28.3 Å². The van der Waals surface area contributed by atoms with Gasteiger partial charge in [0.1, 0.15) is 10.3 Å². The van der Waals surface area contributed by atoms with Crippen molar-refractivity contribution in [1.82, 2.24) is 9.61 Å². The number of hydrogen-bond donors (Lipinski definition) is 1. The fraction of sp³-hybridized carbons (Fsp3) is 0.417. The molecule has 17 heavy (non-hydrogen) atoms. The number of rotatable bonds is 4. The molecule has 5 heteroatoms. The summed E-state index contributed by atoms with van der Waals surface area (Å²) in [6, 6.07) is 6.00. The maximum atomic E-state index is 5.32. The Morgan fingerprint density at radius 2 is 2.35 bits per heavy atom. The molecule has 1 aliphatic carbocycles. The van der Waals surface area contributed by atoms with E-state index in [1.807, 2.05) is 22.7 Å². The normalized spacial score (nSPS) is 15.2. The molecule has 2 aromatic heterocycles. The lowest BCUT2D eigenvalue weighted by atomic mass is 10.3. The van der Waals surface area contributed by atoms with Gasteiger partial charge in [0.15, 0.2) is 0 Å². The van der Waals surface area contributed by atoms with E-state index < -0.39 is 0 Å². The number of methoxy groups -OCH3 is 1. The molecular formula is C12H14BrN3O. The van der Waals surface area contributed by atoms with Crippen molar-refractivity contribution in [2.75, 3.05) is 19.0 Å². The van der Waals surface area contributed by atoms with Crippen LogP contribution in [0.2, 0.25) is 0 Å². The van der Waals surface area contributed by atoms with Crippen LogP contribution in [0.3, 0.4) is 0 Å². The number of anilines is 1. The molecule has 0 unspecified atom stereocenters. The number of halogens is 1. The van der Waals surface area contributed by atoms with Gasteiger partial charge in [0.05, 0.1) is 12.6 Å². The van der Waals surface area contributed by atoms with E-state index in [1.54, 1.807) is 7.11 Å². The molecule has 4 nitrogen and oxygen atoms in total. The zero-order chi connectivity index (χ0) is 11.8. The molecule has 0 amide bonds. The second-order valence-corrected chi connectivity index (χ2v) is 5.17. The number of fused-ring (bicyclic) bond motifs is 1. The van der Waals surface area contributed by atoms with Crippen LogP contribution in [0.15, 0.2) is 22.8 Å². The van der Waals surface area contributed by atoms with Gasteiger partial charge >= 0.3 is 0 Å². The second-order valence-electron chi connectivity index (χ2n) is 4.35. The van der Waals surface area contributed by atoms with Gasteiger partial charge in [-0.1, -0.05) is 6.07 Å². The molecular weight excluding hydrogens is 282 g/mol. The predicted molar refractivity (Wildman–Crippen MR) is 70.7 cm³/mol. The van der Waals surface area contributed by atoms with Crippen LogP contribution in [-0.2, 0) is 0 Å².